The maximum atomic E-state index is 2.45. The summed E-state index contributed by atoms with van der Waals surface area (Å²) in [5.74, 6) is 0. The fourth-order valence-electron chi connectivity index (χ4n) is 15.7. The predicted molar refractivity (Wildman–Crippen MR) is 418 cm³/mol. The van der Waals surface area contributed by atoms with Crippen LogP contribution < -0.4 is 9.80 Å². The van der Waals surface area contributed by atoms with Crippen molar-refractivity contribution in [3.8, 4) is 22.3 Å². The second-order valence-electron chi connectivity index (χ2n) is 32.7. The molecule has 0 spiro atoms. The average Bonchev–Trinajstić information content (AvgIpc) is 1.68. The molecule has 0 N–H and O–H groups in total. The van der Waals surface area contributed by atoms with Crippen molar-refractivity contribution >= 4 is 102 Å². The van der Waals surface area contributed by atoms with Gasteiger partial charge in [0.2, 0.25) is 0 Å². The third-order valence-electron chi connectivity index (χ3n) is 21.5. The topological polar surface area (TPSA) is 6.48 Å². The van der Waals surface area contributed by atoms with Crippen LogP contribution in [0.25, 0.3) is 89.6 Å². The van der Waals surface area contributed by atoms with E-state index in [9.17, 15) is 0 Å². The number of anilines is 6. The molecule has 15 rings (SSSR count). The Hall–Kier alpha value is -9.76. The molecule has 2 aliphatic rings. The quantitative estimate of drug-likeness (QED) is 0.0765. The van der Waals surface area contributed by atoms with Gasteiger partial charge >= 0.3 is 0 Å². The van der Waals surface area contributed by atoms with Crippen LogP contribution in [0.1, 0.15) is 178 Å². The molecule has 0 atom stereocenters. The fourth-order valence-corrected chi connectivity index (χ4v) is 15.7. The third-order valence-corrected chi connectivity index (χ3v) is 21.5. The van der Waals surface area contributed by atoms with E-state index in [4.69, 9.17) is 0 Å². The van der Waals surface area contributed by atoms with Crippen LogP contribution in [0.2, 0.25) is 0 Å². The van der Waals surface area contributed by atoms with E-state index in [1.807, 2.05) is 0 Å². The van der Waals surface area contributed by atoms with Crippen molar-refractivity contribution in [2.75, 3.05) is 9.80 Å². The van der Waals surface area contributed by atoms with Gasteiger partial charge in [-0.25, -0.2) is 0 Å². The van der Waals surface area contributed by atoms with Crippen LogP contribution in [0, 0.1) is 0 Å². The standard InChI is InChI=1S/C94H90N2/c1-89(2,3)63-31-39-67(40-32-63)95(68-41-33-64(34-42-68)90(4,5)6)71-47-53-77-75-49-25-59(55-83(75)93(13,14)85(77)57-71)23-27-61-29-51-81-80-22-18-20-74-62(30-52-82(88(74)80)79-21-17-19-73(61)87(79)81)28-24-60-26-50-76-78-54-48-72(58-86(78)94(15,16)84(76)56-60)96(69-43-35-65(36-44-69)91(7,8)9)70-45-37-66(38-46-70)92(10,11)12/h17-58H,1-16H3. The van der Waals surface area contributed by atoms with E-state index in [0.29, 0.717) is 0 Å². The van der Waals surface area contributed by atoms with E-state index in [-0.39, 0.29) is 32.5 Å². The minimum Gasteiger partial charge on any atom is -0.310 e. The summed E-state index contributed by atoms with van der Waals surface area (Å²) >= 11 is 0. The third kappa shape index (κ3) is 10.6. The molecule has 0 radical (unpaired) electrons. The summed E-state index contributed by atoms with van der Waals surface area (Å²) in [5.41, 5.74) is 27.6. The molecule has 13 aromatic carbocycles. The monoisotopic (exact) mass is 1250 g/mol. The van der Waals surface area contributed by atoms with Gasteiger partial charge in [0.25, 0.3) is 0 Å². The first kappa shape index (κ1) is 62.4. The van der Waals surface area contributed by atoms with Crippen molar-refractivity contribution in [2.45, 2.75) is 143 Å². The highest BCUT2D eigenvalue weighted by atomic mass is 15.1. The lowest BCUT2D eigenvalue weighted by atomic mass is 9.81. The smallest absolute Gasteiger partial charge is 0.0465 e. The molecule has 0 bridgehead atoms. The molecule has 476 valence electrons. The molecule has 0 heterocycles. The number of hydrogen-bond acceptors (Lipinski definition) is 2. The first-order valence-electron chi connectivity index (χ1n) is 34.7. The maximum absolute atomic E-state index is 2.45. The summed E-state index contributed by atoms with van der Waals surface area (Å²) in [6.45, 7) is 37.0. The molecule has 2 nitrogen and oxygen atoms in total. The Bertz CT molecular complexity index is 4800. The number of rotatable bonds is 10. The summed E-state index contributed by atoms with van der Waals surface area (Å²) in [6, 6.07) is 88.3. The lowest BCUT2D eigenvalue weighted by Crippen LogP contribution is -2.17. The van der Waals surface area contributed by atoms with Crippen molar-refractivity contribution in [1.29, 1.82) is 0 Å². The summed E-state index contributed by atoms with van der Waals surface area (Å²) in [7, 11) is 0. The van der Waals surface area contributed by atoms with E-state index in [1.165, 1.54) is 143 Å². The van der Waals surface area contributed by atoms with E-state index in [0.717, 1.165) is 22.7 Å². The van der Waals surface area contributed by atoms with Gasteiger partial charge in [-0.1, -0.05) is 293 Å². The molecular formula is C94H90N2. The van der Waals surface area contributed by atoms with Crippen LogP contribution in [0.5, 0.6) is 0 Å². The Labute approximate surface area is 570 Å². The van der Waals surface area contributed by atoms with E-state index >= 15 is 0 Å². The van der Waals surface area contributed by atoms with Crippen LogP contribution in [0.3, 0.4) is 0 Å². The first-order valence-corrected chi connectivity index (χ1v) is 34.7. The Balaban J connectivity index is 0.711. The highest BCUT2D eigenvalue weighted by Gasteiger charge is 2.38. The van der Waals surface area contributed by atoms with Gasteiger partial charge in [0.1, 0.15) is 0 Å². The van der Waals surface area contributed by atoms with Gasteiger partial charge in [-0.15, -0.1) is 0 Å². The van der Waals surface area contributed by atoms with E-state index in [1.54, 1.807) is 0 Å². The summed E-state index contributed by atoms with van der Waals surface area (Å²) < 4.78 is 0. The second kappa shape index (κ2) is 22.4. The van der Waals surface area contributed by atoms with Crippen LogP contribution in [0.15, 0.2) is 231 Å². The lowest BCUT2D eigenvalue weighted by Gasteiger charge is -2.29. The van der Waals surface area contributed by atoms with Gasteiger partial charge < -0.3 is 9.80 Å². The van der Waals surface area contributed by atoms with Gasteiger partial charge in [0.05, 0.1) is 0 Å². The second-order valence-corrected chi connectivity index (χ2v) is 32.7. The Morgan fingerprint density at radius 3 is 0.812 bits per heavy atom. The SMILES string of the molecule is CC(C)(C)c1ccc(N(c2ccc(C(C)(C)C)cc2)c2ccc3c(c2)C(C)(C)c2cc(C=Cc4ccc5c6cccc7c(C=Cc8ccc9c(c8)C(C)(C)c8cc(N(c%10ccc(C(C)(C)C)cc%10)c%10ccc(C(C)(C)C)cc%10)ccc8-9)ccc(c8cccc4c85)c76)ccc2-3)cc1. The first-order chi connectivity index (χ1) is 45.6. The highest BCUT2D eigenvalue weighted by Crippen LogP contribution is 2.54. The maximum Gasteiger partial charge on any atom is 0.0465 e. The van der Waals surface area contributed by atoms with E-state index < -0.39 is 0 Å². The Kier molecular flexibility index (Phi) is 14.6. The lowest BCUT2D eigenvalue weighted by molar-refractivity contribution is 0.590. The number of hydrogen-bond donors (Lipinski definition) is 0. The van der Waals surface area contributed by atoms with Gasteiger partial charge in [0, 0.05) is 45.0 Å². The molecule has 0 aliphatic heterocycles. The molecule has 0 amide bonds. The van der Waals surface area contributed by atoms with Crippen molar-refractivity contribution in [3.63, 3.8) is 0 Å². The molecule has 0 fully saturated rings. The van der Waals surface area contributed by atoms with Crippen molar-refractivity contribution in [3.05, 3.63) is 297 Å². The molecule has 13 aromatic rings. The summed E-state index contributed by atoms with van der Waals surface area (Å²) in [5, 5.41) is 10.3. The Morgan fingerprint density at radius 1 is 0.250 bits per heavy atom. The molecule has 0 saturated heterocycles. The van der Waals surface area contributed by atoms with Gasteiger partial charge in [-0.3, -0.25) is 0 Å². The zero-order valence-corrected chi connectivity index (χ0v) is 59.1. The van der Waals surface area contributed by atoms with Gasteiger partial charge in [-0.2, -0.15) is 0 Å². The number of benzene rings is 13. The van der Waals surface area contributed by atoms with Gasteiger partial charge in [-0.05, 0) is 227 Å². The highest BCUT2D eigenvalue weighted by molar-refractivity contribution is 6.34. The number of fused-ring (bicyclic) bond motifs is 8. The molecule has 2 aliphatic carbocycles. The van der Waals surface area contributed by atoms with Crippen molar-refractivity contribution in [2.24, 2.45) is 0 Å². The van der Waals surface area contributed by atoms with E-state index in [2.05, 4.69) is 375 Å². The largest absolute Gasteiger partial charge is 0.310 e. The van der Waals surface area contributed by atoms with Crippen LogP contribution in [0.4, 0.5) is 34.1 Å². The summed E-state index contributed by atoms with van der Waals surface area (Å²) in [6.07, 6.45) is 9.31. The molecule has 0 unspecified atom stereocenters. The fraction of sp³-hybridized carbons (Fsp3) is 0.234. The molecule has 2 heteroatoms. The van der Waals surface area contributed by atoms with Crippen LogP contribution in [-0.4, -0.2) is 0 Å². The Morgan fingerprint density at radius 2 is 0.510 bits per heavy atom. The molecule has 96 heavy (non-hydrogen) atoms. The van der Waals surface area contributed by atoms with Crippen molar-refractivity contribution in [1.82, 2.24) is 0 Å². The molecule has 0 saturated carbocycles. The number of nitrogens with zero attached hydrogens (tertiary/aromatic N) is 2. The zero-order chi connectivity index (χ0) is 67.2. The predicted octanol–water partition coefficient (Wildman–Crippen LogP) is 26.8. The van der Waals surface area contributed by atoms with Crippen LogP contribution in [-0.2, 0) is 32.5 Å². The minimum atomic E-state index is -0.212. The average molecular weight is 1250 g/mol. The zero-order valence-electron chi connectivity index (χ0n) is 59.1. The molecular weight excluding hydrogens is 1160 g/mol. The van der Waals surface area contributed by atoms with Gasteiger partial charge in [0.15, 0.2) is 0 Å². The van der Waals surface area contributed by atoms with Crippen molar-refractivity contribution < 1.29 is 0 Å². The molecule has 0 aromatic heterocycles. The minimum absolute atomic E-state index is 0.0683. The normalized spacial score (nSPS) is 14.3. The van der Waals surface area contributed by atoms with Crippen LogP contribution >= 0.6 is 0 Å². The summed E-state index contributed by atoms with van der Waals surface area (Å²) in [4.78, 5) is 4.86.